The Morgan fingerprint density at radius 3 is 2.52 bits per heavy atom. The Labute approximate surface area is 121 Å². The quantitative estimate of drug-likeness (QED) is 0.731. The molecule has 0 aromatic carbocycles. The van der Waals surface area contributed by atoms with Crippen LogP contribution in [0.5, 0.6) is 11.8 Å². The highest BCUT2D eigenvalue weighted by molar-refractivity contribution is 5.90. The standard InChI is InChI=1S/C12H16N6O3/c1-20-9-7-10(21-2)16-12(15-9)14-4-6-18-5-3-8(17-18)11(13)19/h3,5,7H,4,6H2,1-2H3,(H2,13,19)(H,14,15,16). The van der Waals surface area contributed by atoms with E-state index in [1.165, 1.54) is 14.2 Å². The van der Waals surface area contributed by atoms with Crippen LogP contribution in [0.3, 0.4) is 0 Å². The van der Waals surface area contributed by atoms with E-state index in [1.807, 2.05) is 0 Å². The van der Waals surface area contributed by atoms with Gasteiger partial charge >= 0.3 is 0 Å². The molecular weight excluding hydrogens is 276 g/mol. The average Bonchev–Trinajstić information content (AvgIpc) is 2.96. The first-order chi connectivity index (χ1) is 10.1. The molecule has 0 radical (unpaired) electrons. The van der Waals surface area contributed by atoms with Crippen molar-refractivity contribution in [3.05, 3.63) is 24.0 Å². The Hall–Kier alpha value is -2.84. The molecule has 1 amide bonds. The van der Waals surface area contributed by atoms with E-state index in [9.17, 15) is 4.79 Å². The van der Waals surface area contributed by atoms with Crippen molar-refractivity contribution in [1.29, 1.82) is 0 Å². The van der Waals surface area contributed by atoms with Gasteiger partial charge in [0.25, 0.3) is 5.91 Å². The van der Waals surface area contributed by atoms with Gasteiger partial charge in [0.2, 0.25) is 17.7 Å². The highest BCUT2D eigenvalue weighted by Gasteiger charge is 2.06. The molecule has 112 valence electrons. The van der Waals surface area contributed by atoms with E-state index in [0.29, 0.717) is 30.8 Å². The van der Waals surface area contributed by atoms with E-state index < -0.39 is 5.91 Å². The minimum Gasteiger partial charge on any atom is -0.481 e. The smallest absolute Gasteiger partial charge is 0.269 e. The highest BCUT2D eigenvalue weighted by atomic mass is 16.5. The molecule has 0 aliphatic rings. The number of aromatic nitrogens is 4. The van der Waals surface area contributed by atoms with Gasteiger partial charge in [-0.1, -0.05) is 0 Å². The molecular formula is C12H16N6O3. The minimum atomic E-state index is -0.553. The third kappa shape index (κ3) is 3.81. The Bertz CT molecular complexity index is 605. The number of carbonyl (C=O) groups excluding carboxylic acids is 1. The van der Waals surface area contributed by atoms with Crippen LogP contribution < -0.4 is 20.5 Å². The lowest BCUT2D eigenvalue weighted by Gasteiger charge is -2.08. The van der Waals surface area contributed by atoms with E-state index in [2.05, 4.69) is 20.4 Å². The summed E-state index contributed by atoms with van der Waals surface area (Å²) in [5.74, 6) is 0.634. The molecule has 0 aliphatic heterocycles. The number of amides is 1. The second kappa shape index (κ2) is 6.55. The molecule has 21 heavy (non-hydrogen) atoms. The third-order valence-corrected chi connectivity index (χ3v) is 2.61. The van der Waals surface area contributed by atoms with E-state index in [1.54, 1.807) is 23.0 Å². The fourth-order valence-electron chi connectivity index (χ4n) is 1.59. The van der Waals surface area contributed by atoms with Crippen molar-refractivity contribution in [2.24, 2.45) is 5.73 Å². The van der Waals surface area contributed by atoms with Crippen molar-refractivity contribution in [2.75, 3.05) is 26.1 Å². The summed E-state index contributed by atoms with van der Waals surface area (Å²) in [5.41, 5.74) is 5.36. The van der Waals surface area contributed by atoms with Crippen LogP contribution in [-0.4, -0.2) is 46.4 Å². The zero-order chi connectivity index (χ0) is 15.2. The van der Waals surface area contributed by atoms with Gasteiger partial charge in [0.05, 0.1) is 26.8 Å². The molecule has 2 aromatic heterocycles. The predicted molar refractivity (Wildman–Crippen MR) is 74.4 cm³/mol. The Morgan fingerprint density at radius 2 is 2.00 bits per heavy atom. The minimum absolute atomic E-state index is 0.231. The molecule has 2 heterocycles. The number of nitrogens with two attached hydrogens (primary N) is 1. The van der Waals surface area contributed by atoms with Gasteiger partial charge in [-0.2, -0.15) is 15.1 Å². The number of hydrogen-bond donors (Lipinski definition) is 2. The first-order valence-electron chi connectivity index (χ1n) is 6.16. The third-order valence-electron chi connectivity index (χ3n) is 2.61. The monoisotopic (exact) mass is 292 g/mol. The fourth-order valence-corrected chi connectivity index (χ4v) is 1.59. The Balaban J connectivity index is 1.94. The Morgan fingerprint density at radius 1 is 1.33 bits per heavy atom. The topological polar surface area (TPSA) is 117 Å². The molecule has 0 atom stereocenters. The largest absolute Gasteiger partial charge is 0.481 e. The first kappa shape index (κ1) is 14.6. The second-order valence-electron chi connectivity index (χ2n) is 4.03. The van der Waals surface area contributed by atoms with Gasteiger partial charge in [-0.05, 0) is 6.07 Å². The molecule has 0 fully saturated rings. The Kier molecular flexibility index (Phi) is 4.54. The zero-order valence-corrected chi connectivity index (χ0v) is 11.7. The molecule has 2 aromatic rings. The molecule has 0 aliphatic carbocycles. The van der Waals surface area contributed by atoms with E-state index in [0.717, 1.165) is 0 Å². The number of primary amides is 1. The number of rotatable bonds is 7. The van der Waals surface area contributed by atoms with E-state index in [-0.39, 0.29) is 5.69 Å². The summed E-state index contributed by atoms with van der Waals surface area (Å²) in [7, 11) is 3.03. The van der Waals surface area contributed by atoms with Crippen molar-refractivity contribution in [1.82, 2.24) is 19.7 Å². The zero-order valence-electron chi connectivity index (χ0n) is 11.7. The number of nitrogens with one attached hydrogen (secondary N) is 1. The predicted octanol–water partition coefficient (Wildman–Crippen LogP) is -0.0987. The summed E-state index contributed by atoms with van der Waals surface area (Å²) in [4.78, 5) is 19.2. The van der Waals surface area contributed by atoms with Crippen molar-refractivity contribution in [3.63, 3.8) is 0 Å². The maximum absolute atomic E-state index is 10.9. The molecule has 0 unspecified atom stereocenters. The van der Waals surface area contributed by atoms with Crippen LogP contribution in [-0.2, 0) is 6.54 Å². The molecule has 0 spiro atoms. The number of nitrogens with zero attached hydrogens (tertiary/aromatic N) is 4. The van der Waals surface area contributed by atoms with Crippen LogP contribution in [0.4, 0.5) is 5.95 Å². The number of ether oxygens (including phenoxy) is 2. The van der Waals surface area contributed by atoms with Crippen LogP contribution in [0, 0.1) is 0 Å². The lowest BCUT2D eigenvalue weighted by atomic mass is 10.4. The summed E-state index contributed by atoms with van der Waals surface area (Å²) in [6, 6.07) is 3.14. The summed E-state index contributed by atoms with van der Waals surface area (Å²) in [6.45, 7) is 1.03. The summed E-state index contributed by atoms with van der Waals surface area (Å²) in [5, 5.41) is 7.04. The van der Waals surface area contributed by atoms with Gasteiger partial charge < -0.3 is 20.5 Å². The summed E-state index contributed by atoms with van der Waals surface area (Å²) in [6.07, 6.45) is 1.68. The van der Waals surface area contributed by atoms with Crippen LogP contribution in [0.2, 0.25) is 0 Å². The summed E-state index contributed by atoms with van der Waals surface area (Å²) >= 11 is 0. The number of carbonyl (C=O) groups is 1. The molecule has 9 heteroatoms. The first-order valence-corrected chi connectivity index (χ1v) is 6.16. The molecule has 2 rings (SSSR count). The number of methoxy groups -OCH3 is 2. The van der Waals surface area contributed by atoms with Crippen LogP contribution in [0.15, 0.2) is 18.3 Å². The van der Waals surface area contributed by atoms with Gasteiger partial charge in [-0.15, -0.1) is 0 Å². The van der Waals surface area contributed by atoms with Gasteiger partial charge in [0.15, 0.2) is 0 Å². The van der Waals surface area contributed by atoms with Gasteiger partial charge in [0.1, 0.15) is 5.69 Å². The molecule has 0 bridgehead atoms. The van der Waals surface area contributed by atoms with Crippen molar-refractivity contribution >= 4 is 11.9 Å². The van der Waals surface area contributed by atoms with E-state index in [4.69, 9.17) is 15.2 Å². The fraction of sp³-hybridized carbons (Fsp3) is 0.333. The van der Waals surface area contributed by atoms with Crippen LogP contribution in [0.1, 0.15) is 10.5 Å². The average molecular weight is 292 g/mol. The van der Waals surface area contributed by atoms with Crippen molar-refractivity contribution in [3.8, 4) is 11.8 Å². The van der Waals surface area contributed by atoms with Crippen molar-refractivity contribution < 1.29 is 14.3 Å². The summed E-state index contributed by atoms with van der Waals surface area (Å²) < 4.78 is 11.7. The lowest BCUT2D eigenvalue weighted by Crippen LogP contribution is -2.15. The normalized spacial score (nSPS) is 10.2. The number of hydrogen-bond acceptors (Lipinski definition) is 7. The second-order valence-corrected chi connectivity index (χ2v) is 4.03. The molecule has 3 N–H and O–H groups in total. The molecule has 0 saturated heterocycles. The molecule has 0 saturated carbocycles. The van der Waals surface area contributed by atoms with Crippen LogP contribution >= 0.6 is 0 Å². The lowest BCUT2D eigenvalue weighted by molar-refractivity contribution is 0.0994. The maximum Gasteiger partial charge on any atom is 0.269 e. The maximum atomic E-state index is 10.9. The SMILES string of the molecule is COc1cc(OC)nc(NCCn2ccc(C(N)=O)n2)n1. The van der Waals surface area contributed by atoms with Crippen molar-refractivity contribution in [2.45, 2.75) is 6.54 Å². The van der Waals surface area contributed by atoms with E-state index >= 15 is 0 Å². The number of anilines is 1. The highest BCUT2D eigenvalue weighted by Crippen LogP contribution is 2.16. The van der Waals surface area contributed by atoms with Gasteiger partial charge in [-0.3, -0.25) is 9.48 Å². The van der Waals surface area contributed by atoms with Gasteiger partial charge in [0, 0.05) is 12.7 Å². The molecule has 9 nitrogen and oxygen atoms in total. The van der Waals surface area contributed by atoms with Crippen LogP contribution in [0.25, 0.3) is 0 Å². The van der Waals surface area contributed by atoms with Gasteiger partial charge in [-0.25, -0.2) is 0 Å².